The molecular formula is C16H19NO3. The van der Waals surface area contributed by atoms with Crippen molar-refractivity contribution in [1.29, 1.82) is 0 Å². The average molecular weight is 273 g/mol. The van der Waals surface area contributed by atoms with Gasteiger partial charge in [-0.05, 0) is 43.5 Å². The number of benzene rings is 1. The number of furan rings is 1. The van der Waals surface area contributed by atoms with Crippen molar-refractivity contribution in [1.82, 2.24) is 5.32 Å². The minimum atomic E-state index is -0.725. The van der Waals surface area contributed by atoms with E-state index in [1.54, 1.807) is 6.07 Å². The zero-order chi connectivity index (χ0) is 14.7. The number of hydrogen-bond acceptors (Lipinski definition) is 3. The first-order valence-electron chi connectivity index (χ1n) is 6.58. The van der Waals surface area contributed by atoms with Gasteiger partial charge in [-0.2, -0.15) is 0 Å². The van der Waals surface area contributed by atoms with Crippen LogP contribution in [-0.4, -0.2) is 17.6 Å². The molecule has 1 unspecified atom stereocenters. The van der Waals surface area contributed by atoms with E-state index in [-0.39, 0.29) is 18.2 Å². The molecular weight excluding hydrogens is 254 g/mol. The summed E-state index contributed by atoms with van der Waals surface area (Å²) in [4.78, 5) is 11.9. The molecule has 0 fully saturated rings. The smallest absolute Gasteiger partial charge is 0.287 e. The summed E-state index contributed by atoms with van der Waals surface area (Å²) in [5, 5.41) is 12.8. The van der Waals surface area contributed by atoms with E-state index in [0.717, 1.165) is 22.5 Å². The highest BCUT2D eigenvalue weighted by Crippen LogP contribution is 2.17. The molecule has 0 spiro atoms. The molecule has 0 aliphatic heterocycles. The summed E-state index contributed by atoms with van der Waals surface area (Å²) in [6.45, 7) is 5.79. The van der Waals surface area contributed by atoms with E-state index in [9.17, 15) is 9.90 Å². The molecule has 1 heterocycles. The minimum absolute atomic E-state index is 0.155. The molecule has 0 saturated heterocycles. The normalized spacial score (nSPS) is 12.2. The predicted molar refractivity (Wildman–Crippen MR) is 76.7 cm³/mol. The number of carbonyl (C=O) groups excluding carboxylic acids is 1. The van der Waals surface area contributed by atoms with E-state index < -0.39 is 6.10 Å². The molecule has 20 heavy (non-hydrogen) atoms. The molecule has 106 valence electrons. The van der Waals surface area contributed by atoms with Crippen LogP contribution in [0.4, 0.5) is 0 Å². The van der Waals surface area contributed by atoms with Crippen molar-refractivity contribution in [2.45, 2.75) is 26.9 Å². The van der Waals surface area contributed by atoms with Gasteiger partial charge in [-0.15, -0.1) is 0 Å². The lowest BCUT2D eigenvalue weighted by atomic mass is 10.0. The number of aliphatic hydroxyl groups is 1. The van der Waals surface area contributed by atoms with Crippen LogP contribution in [0.1, 0.15) is 39.1 Å². The summed E-state index contributed by atoms with van der Waals surface area (Å²) in [5.41, 5.74) is 2.76. The Morgan fingerprint density at radius 2 is 1.95 bits per heavy atom. The molecule has 4 heteroatoms. The fourth-order valence-corrected chi connectivity index (χ4v) is 2.03. The minimum Gasteiger partial charge on any atom is -0.456 e. The van der Waals surface area contributed by atoms with E-state index in [0.29, 0.717) is 0 Å². The zero-order valence-electron chi connectivity index (χ0n) is 11.9. The molecule has 1 aromatic heterocycles. The van der Waals surface area contributed by atoms with Crippen LogP contribution in [-0.2, 0) is 0 Å². The number of aliphatic hydroxyl groups excluding tert-OH is 1. The van der Waals surface area contributed by atoms with E-state index in [1.165, 1.54) is 0 Å². The Bertz CT molecular complexity index is 596. The molecule has 2 N–H and O–H groups in total. The first kappa shape index (κ1) is 14.3. The van der Waals surface area contributed by atoms with Crippen molar-refractivity contribution in [2.75, 3.05) is 6.54 Å². The number of aryl methyl sites for hydroxylation is 3. The first-order chi connectivity index (χ1) is 9.49. The van der Waals surface area contributed by atoms with Crippen LogP contribution < -0.4 is 5.32 Å². The summed E-state index contributed by atoms with van der Waals surface area (Å²) >= 11 is 0. The molecule has 0 radical (unpaired) electrons. The van der Waals surface area contributed by atoms with Crippen LogP contribution in [0.25, 0.3) is 0 Å². The van der Waals surface area contributed by atoms with Gasteiger partial charge in [0.15, 0.2) is 5.76 Å². The number of hydrogen-bond donors (Lipinski definition) is 2. The maximum atomic E-state index is 11.9. The van der Waals surface area contributed by atoms with Crippen LogP contribution in [0, 0.1) is 20.8 Å². The highest BCUT2D eigenvalue weighted by Gasteiger charge is 2.15. The van der Waals surface area contributed by atoms with Crippen LogP contribution in [0.3, 0.4) is 0 Å². The van der Waals surface area contributed by atoms with Crippen LogP contribution >= 0.6 is 0 Å². The van der Waals surface area contributed by atoms with Crippen molar-refractivity contribution in [3.63, 3.8) is 0 Å². The van der Waals surface area contributed by atoms with E-state index >= 15 is 0 Å². The predicted octanol–water partition coefficient (Wildman–Crippen LogP) is 2.67. The second-order valence-corrected chi connectivity index (χ2v) is 4.93. The molecule has 2 aromatic rings. The summed E-state index contributed by atoms with van der Waals surface area (Å²) < 4.78 is 5.34. The third-order valence-electron chi connectivity index (χ3n) is 3.39. The lowest BCUT2D eigenvalue weighted by Crippen LogP contribution is -2.28. The summed E-state index contributed by atoms with van der Waals surface area (Å²) in [7, 11) is 0. The summed E-state index contributed by atoms with van der Waals surface area (Å²) in [6.07, 6.45) is -0.725. The van der Waals surface area contributed by atoms with Gasteiger partial charge in [0.25, 0.3) is 5.91 Å². The van der Waals surface area contributed by atoms with Crippen LogP contribution in [0.2, 0.25) is 0 Å². The van der Waals surface area contributed by atoms with Gasteiger partial charge in [-0.1, -0.05) is 24.3 Å². The SMILES string of the molecule is Cc1ccccc1C(O)CNC(=O)c1cc(C)c(C)o1. The zero-order valence-corrected chi connectivity index (χ0v) is 11.9. The highest BCUT2D eigenvalue weighted by atomic mass is 16.3. The van der Waals surface area contributed by atoms with Gasteiger partial charge in [-0.25, -0.2) is 0 Å². The first-order valence-corrected chi connectivity index (χ1v) is 6.58. The Morgan fingerprint density at radius 1 is 1.25 bits per heavy atom. The van der Waals surface area contributed by atoms with Gasteiger partial charge >= 0.3 is 0 Å². The van der Waals surface area contributed by atoms with Gasteiger partial charge in [0.2, 0.25) is 0 Å². The third kappa shape index (κ3) is 3.08. The number of carbonyl (C=O) groups is 1. The number of nitrogens with one attached hydrogen (secondary N) is 1. The molecule has 0 aliphatic rings. The van der Waals surface area contributed by atoms with Gasteiger partial charge < -0.3 is 14.8 Å². The Hall–Kier alpha value is -2.07. The van der Waals surface area contributed by atoms with Crippen molar-refractivity contribution < 1.29 is 14.3 Å². The summed E-state index contributed by atoms with van der Waals surface area (Å²) in [5.74, 6) is 0.695. The summed E-state index contributed by atoms with van der Waals surface area (Å²) in [6, 6.07) is 9.27. The number of amides is 1. The lowest BCUT2D eigenvalue weighted by molar-refractivity contribution is 0.0887. The largest absolute Gasteiger partial charge is 0.456 e. The van der Waals surface area contributed by atoms with Gasteiger partial charge in [0.1, 0.15) is 5.76 Å². The molecule has 4 nitrogen and oxygen atoms in total. The quantitative estimate of drug-likeness (QED) is 0.900. The molecule has 0 bridgehead atoms. The van der Waals surface area contributed by atoms with Crippen molar-refractivity contribution in [3.05, 3.63) is 58.5 Å². The molecule has 0 saturated carbocycles. The average Bonchev–Trinajstić information content (AvgIpc) is 2.76. The Morgan fingerprint density at radius 3 is 2.55 bits per heavy atom. The van der Waals surface area contributed by atoms with Crippen molar-refractivity contribution in [2.24, 2.45) is 0 Å². The van der Waals surface area contributed by atoms with E-state index in [2.05, 4.69) is 5.32 Å². The molecule has 1 atom stereocenters. The van der Waals surface area contributed by atoms with E-state index in [4.69, 9.17) is 4.42 Å². The fraction of sp³-hybridized carbons (Fsp3) is 0.312. The van der Waals surface area contributed by atoms with Crippen molar-refractivity contribution in [3.8, 4) is 0 Å². The Labute approximate surface area is 118 Å². The Kier molecular flexibility index (Phi) is 4.25. The lowest BCUT2D eigenvalue weighted by Gasteiger charge is -2.13. The molecule has 1 amide bonds. The molecule has 1 aromatic carbocycles. The van der Waals surface area contributed by atoms with Crippen LogP contribution in [0.15, 0.2) is 34.7 Å². The van der Waals surface area contributed by atoms with Gasteiger partial charge in [0, 0.05) is 6.54 Å². The van der Waals surface area contributed by atoms with Gasteiger partial charge in [-0.3, -0.25) is 4.79 Å². The fourth-order valence-electron chi connectivity index (χ4n) is 2.03. The molecule has 2 rings (SSSR count). The van der Waals surface area contributed by atoms with Gasteiger partial charge in [0.05, 0.1) is 6.10 Å². The second kappa shape index (κ2) is 5.92. The molecule has 0 aliphatic carbocycles. The monoisotopic (exact) mass is 273 g/mol. The topological polar surface area (TPSA) is 62.5 Å². The number of rotatable bonds is 4. The van der Waals surface area contributed by atoms with E-state index in [1.807, 2.05) is 45.0 Å². The standard InChI is InChI=1S/C16H19NO3/c1-10-6-4-5-7-13(10)14(18)9-17-16(19)15-8-11(2)12(3)20-15/h4-8,14,18H,9H2,1-3H3,(H,17,19). The van der Waals surface area contributed by atoms with Crippen LogP contribution in [0.5, 0.6) is 0 Å². The third-order valence-corrected chi connectivity index (χ3v) is 3.39. The second-order valence-electron chi connectivity index (χ2n) is 4.93. The maximum Gasteiger partial charge on any atom is 0.287 e. The van der Waals surface area contributed by atoms with Crippen molar-refractivity contribution >= 4 is 5.91 Å². The maximum absolute atomic E-state index is 11.9. The highest BCUT2D eigenvalue weighted by molar-refractivity contribution is 5.91. The Balaban J connectivity index is 1.98.